The summed E-state index contributed by atoms with van der Waals surface area (Å²) in [5.74, 6) is -2.64. The highest BCUT2D eigenvalue weighted by Crippen LogP contribution is 2.39. The van der Waals surface area contributed by atoms with Crippen LogP contribution in [0.25, 0.3) is 6.08 Å². The lowest BCUT2D eigenvalue weighted by Gasteiger charge is -2.26. The number of carboxylic acids is 2. The van der Waals surface area contributed by atoms with Crippen LogP contribution in [-0.4, -0.2) is 126 Å². The third kappa shape index (κ3) is 9.64. The molecular weight excluding hydrogens is 532 g/mol. The number of amides is 2. The van der Waals surface area contributed by atoms with Crippen molar-refractivity contribution in [2.75, 3.05) is 60.2 Å². The number of carbonyl (C=O) groups excluding carboxylic acids is 2. The van der Waals surface area contributed by atoms with Gasteiger partial charge in [0.15, 0.2) is 23.7 Å². The maximum Gasteiger partial charge on any atom is 0.335 e. The van der Waals surface area contributed by atoms with Crippen molar-refractivity contribution in [2.45, 2.75) is 18.6 Å². The number of hydrogen-bond acceptors (Lipinski definition) is 11. The summed E-state index contributed by atoms with van der Waals surface area (Å²) in [7, 11) is 3.11. The van der Waals surface area contributed by atoms with E-state index in [-0.39, 0.29) is 11.8 Å². The van der Waals surface area contributed by atoms with E-state index in [2.05, 4.69) is 4.90 Å². The van der Waals surface area contributed by atoms with E-state index in [0.717, 1.165) is 32.8 Å². The second-order valence-electron chi connectivity index (χ2n) is 8.48. The van der Waals surface area contributed by atoms with Gasteiger partial charge in [0, 0.05) is 32.3 Å². The number of nitrogens with zero attached hydrogens (tertiary/aromatic N) is 2. The van der Waals surface area contributed by atoms with E-state index < -0.39 is 24.1 Å². The molecule has 0 unspecified atom stereocenters. The van der Waals surface area contributed by atoms with Gasteiger partial charge in [0.25, 0.3) is 11.8 Å². The largest absolute Gasteiger partial charge is 0.493 e. The molecule has 3 rings (SSSR count). The second-order valence-corrected chi connectivity index (χ2v) is 8.48. The van der Waals surface area contributed by atoms with E-state index in [9.17, 15) is 19.2 Å². The van der Waals surface area contributed by atoms with Gasteiger partial charge < -0.3 is 39.4 Å². The van der Waals surface area contributed by atoms with Crippen molar-refractivity contribution in [1.29, 1.82) is 0 Å². The summed E-state index contributed by atoms with van der Waals surface area (Å²) in [6, 6.07) is 3.54. The number of carboxylic acid groups (broad SMARTS) is 2. The molecule has 14 nitrogen and oxygen atoms in total. The number of rotatable bonds is 11. The quantitative estimate of drug-likeness (QED) is 0.254. The first-order chi connectivity index (χ1) is 19.1. The zero-order chi connectivity index (χ0) is 29.7. The van der Waals surface area contributed by atoms with Crippen LogP contribution in [-0.2, 0) is 23.9 Å². The molecule has 2 aliphatic heterocycles. The first-order valence-corrected chi connectivity index (χ1v) is 12.3. The lowest BCUT2D eigenvalue weighted by Crippen LogP contribution is -2.39. The van der Waals surface area contributed by atoms with Crippen LogP contribution < -0.4 is 14.2 Å². The number of carbonyl (C=O) groups is 4. The average molecular weight is 567 g/mol. The van der Waals surface area contributed by atoms with E-state index >= 15 is 0 Å². The summed E-state index contributed by atoms with van der Waals surface area (Å²) in [6.45, 7) is 4.93. The van der Waals surface area contributed by atoms with Gasteiger partial charge in [-0.05, 0) is 36.3 Å². The molecular formula is C26H34N2O12. The van der Waals surface area contributed by atoms with E-state index in [1.165, 1.54) is 17.1 Å². The van der Waals surface area contributed by atoms with Crippen molar-refractivity contribution in [3.8, 4) is 17.2 Å². The van der Waals surface area contributed by atoms with Gasteiger partial charge in [0.1, 0.15) is 6.61 Å². The Bertz CT molecular complexity index is 1050. The SMILES string of the molecule is COc1cc(/C=C/C(=O)N2CCC=CC2=O)cc(OC)c1OCCN1CCOCC1.O=C(O)[C@H](O)[C@@H](O)C(=O)O. The van der Waals surface area contributed by atoms with E-state index in [0.29, 0.717) is 42.4 Å². The highest BCUT2D eigenvalue weighted by Gasteiger charge is 2.29. The fraction of sp³-hybridized carbons (Fsp3) is 0.462. The van der Waals surface area contributed by atoms with Crippen LogP contribution >= 0.6 is 0 Å². The fourth-order valence-electron chi connectivity index (χ4n) is 3.57. The number of ether oxygens (including phenoxy) is 4. The Balaban J connectivity index is 0.000000478. The number of morpholine rings is 1. The van der Waals surface area contributed by atoms with Crippen molar-refractivity contribution in [3.63, 3.8) is 0 Å². The monoisotopic (exact) mass is 566 g/mol. The number of aliphatic hydroxyl groups excluding tert-OH is 2. The molecule has 1 aromatic carbocycles. The summed E-state index contributed by atoms with van der Waals surface area (Å²) in [4.78, 5) is 47.2. The highest BCUT2D eigenvalue weighted by molar-refractivity contribution is 6.06. The van der Waals surface area contributed by atoms with E-state index in [1.807, 2.05) is 0 Å². The minimum absolute atomic E-state index is 0.296. The molecule has 40 heavy (non-hydrogen) atoms. The van der Waals surface area contributed by atoms with Gasteiger partial charge in [-0.15, -0.1) is 0 Å². The molecule has 0 saturated carbocycles. The summed E-state index contributed by atoms with van der Waals surface area (Å²) in [6.07, 6.45) is 2.34. The molecule has 2 atom stereocenters. The molecule has 220 valence electrons. The molecule has 0 bridgehead atoms. The van der Waals surface area contributed by atoms with Gasteiger partial charge in [-0.25, -0.2) is 9.59 Å². The zero-order valence-electron chi connectivity index (χ0n) is 22.2. The Hall–Kier alpha value is -3.98. The van der Waals surface area contributed by atoms with Crippen molar-refractivity contribution in [2.24, 2.45) is 0 Å². The molecule has 4 N–H and O–H groups in total. The molecule has 1 fully saturated rings. The van der Waals surface area contributed by atoms with Crippen LogP contribution in [0.3, 0.4) is 0 Å². The lowest BCUT2D eigenvalue weighted by molar-refractivity contribution is -0.165. The van der Waals surface area contributed by atoms with Crippen LogP contribution in [0.1, 0.15) is 12.0 Å². The standard InChI is InChI=1S/C22H28N2O6.C4H6O6/c1-27-18-15-17(6-7-21(26)24-8-4-3-5-20(24)25)16-19(28-2)22(18)30-14-11-23-9-12-29-13-10-23;5-1(3(7)8)2(6)4(9)10/h3,5-7,15-16H,4,8-14H2,1-2H3;1-2,5-6H,(H,7,8)(H,9,10)/b7-6+;/t;1-,2-/m.1/s1. The van der Waals surface area contributed by atoms with Crippen molar-refractivity contribution in [3.05, 3.63) is 35.9 Å². The van der Waals surface area contributed by atoms with Gasteiger partial charge >= 0.3 is 11.9 Å². The first kappa shape index (κ1) is 32.2. The first-order valence-electron chi connectivity index (χ1n) is 12.3. The predicted octanol–water partition coefficient (Wildman–Crippen LogP) is -0.379. The number of aliphatic hydroxyl groups is 2. The van der Waals surface area contributed by atoms with Gasteiger partial charge in [-0.1, -0.05) is 6.08 Å². The number of aliphatic carboxylic acids is 2. The molecule has 2 amide bonds. The normalized spacial score (nSPS) is 17.0. The molecule has 0 aliphatic carbocycles. The zero-order valence-corrected chi connectivity index (χ0v) is 22.2. The minimum Gasteiger partial charge on any atom is -0.493 e. The molecule has 0 aromatic heterocycles. The van der Waals surface area contributed by atoms with E-state index in [1.54, 1.807) is 38.5 Å². The number of benzene rings is 1. The summed E-state index contributed by atoms with van der Waals surface area (Å²) >= 11 is 0. The Morgan fingerprint density at radius 1 is 1.00 bits per heavy atom. The molecule has 2 aliphatic rings. The topological polar surface area (TPSA) is 193 Å². The maximum atomic E-state index is 12.3. The van der Waals surface area contributed by atoms with Gasteiger partial charge in [-0.2, -0.15) is 0 Å². The smallest absolute Gasteiger partial charge is 0.335 e. The van der Waals surface area contributed by atoms with Gasteiger partial charge in [-0.3, -0.25) is 19.4 Å². The summed E-state index contributed by atoms with van der Waals surface area (Å²) in [5.41, 5.74) is 0.706. The predicted molar refractivity (Wildman–Crippen MR) is 139 cm³/mol. The van der Waals surface area contributed by atoms with Crippen molar-refractivity contribution < 1.29 is 58.6 Å². The minimum atomic E-state index is -2.27. The molecule has 0 spiro atoms. The van der Waals surface area contributed by atoms with Crippen molar-refractivity contribution in [1.82, 2.24) is 9.80 Å². The maximum absolute atomic E-state index is 12.3. The molecule has 14 heteroatoms. The lowest BCUT2D eigenvalue weighted by atomic mass is 10.1. The molecule has 0 radical (unpaired) electrons. The average Bonchev–Trinajstić information content (AvgIpc) is 2.96. The molecule has 2 heterocycles. The molecule has 1 aromatic rings. The van der Waals surface area contributed by atoms with Crippen LogP contribution in [0.2, 0.25) is 0 Å². The third-order valence-electron chi connectivity index (χ3n) is 5.78. The Kier molecular flexibility index (Phi) is 13.1. The van der Waals surface area contributed by atoms with E-state index in [4.69, 9.17) is 39.4 Å². The number of methoxy groups -OCH3 is 2. The Morgan fingerprint density at radius 2 is 1.57 bits per heavy atom. The Labute approximate surface area is 230 Å². The molecule has 1 saturated heterocycles. The fourth-order valence-corrected chi connectivity index (χ4v) is 3.57. The van der Waals surface area contributed by atoms with Crippen LogP contribution in [0, 0.1) is 0 Å². The Morgan fingerprint density at radius 3 is 2.08 bits per heavy atom. The number of imide groups is 1. The summed E-state index contributed by atoms with van der Waals surface area (Å²) in [5, 5.41) is 32.5. The van der Waals surface area contributed by atoms with Crippen molar-refractivity contribution >= 4 is 29.8 Å². The van der Waals surface area contributed by atoms with Gasteiger partial charge in [0.05, 0.1) is 27.4 Å². The van der Waals surface area contributed by atoms with Crippen LogP contribution in [0.15, 0.2) is 30.4 Å². The highest BCUT2D eigenvalue weighted by atomic mass is 16.5. The summed E-state index contributed by atoms with van der Waals surface area (Å²) < 4.78 is 22.3. The van der Waals surface area contributed by atoms with Crippen LogP contribution in [0.5, 0.6) is 17.2 Å². The van der Waals surface area contributed by atoms with Crippen LogP contribution in [0.4, 0.5) is 0 Å². The third-order valence-corrected chi connectivity index (χ3v) is 5.78. The van der Waals surface area contributed by atoms with Gasteiger partial charge in [0.2, 0.25) is 5.75 Å². The second kappa shape index (κ2) is 16.2. The number of hydrogen-bond donors (Lipinski definition) is 4.